The van der Waals surface area contributed by atoms with E-state index in [1.165, 1.54) is 24.3 Å². The third-order valence-electron chi connectivity index (χ3n) is 2.96. The van der Waals surface area contributed by atoms with E-state index in [4.69, 9.17) is 0 Å². The Morgan fingerprint density at radius 1 is 1.05 bits per heavy atom. The van der Waals surface area contributed by atoms with Crippen molar-refractivity contribution in [2.75, 3.05) is 24.4 Å². The highest BCUT2D eigenvalue weighted by Gasteiger charge is 2.00. The van der Waals surface area contributed by atoms with Crippen molar-refractivity contribution in [3.05, 3.63) is 54.1 Å². The van der Waals surface area contributed by atoms with E-state index in [0.717, 1.165) is 11.3 Å². The molecular formula is C15H16N3O3S-. The van der Waals surface area contributed by atoms with Gasteiger partial charge in [-0.15, -0.1) is 0 Å². The SMILES string of the molecule is CN(C)c1ccc(C=NNc2ccc(S(=O)(=O)[O-])cc2)cc1. The minimum Gasteiger partial charge on any atom is -0.744 e. The molecule has 0 fully saturated rings. The lowest BCUT2D eigenvalue weighted by atomic mass is 10.2. The van der Waals surface area contributed by atoms with Gasteiger partial charge in [0.1, 0.15) is 10.1 Å². The zero-order valence-electron chi connectivity index (χ0n) is 12.2. The van der Waals surface area contributed by atoms with Crippen LogP contribution in [0.2, 0.25) is 0 Å². The molecule has 0 saturated carbocycles. The quantitative estimate of drug-likeness (QED) is 0.518. The summed E-state index contributed by atoms with van der Waals surface area (Å²) in [6.07, 6.45) is 1.65. The summed E-state index contributed by atoms with van der Waals surface area (Å²) >= 11 is 0. The van der Waals surface area contributed by atoms with E-state index in [1.54, 1.807) is 6.21 Å². The van der Waals surface area contributed by atoms with Crippen LogP contribution in [0.5, 0.6) is 0 Å². The summed E-state index contributed by atoms with van der Waals surface area (Å²) in [4.78, 5) is 1.74. The van der Waals surface area contributed by atoms with Gasteiger partial charge in [-0.05, 0) is 42.0 Å². The van der Waals surface area contributed by atoms with Gasteiger partial charge in [0.15, 0.2) is 0 Å². The van der Waals surface area contributed by atoms with Gasteiger partial charge in [0.25, 0.3) is 0 Å². The molecule has 0 radical (unpaired) electrons. The number of hydrogen-bond acceptors (Lipinski definition) is 6. The van der Waals surface area contributed by atoms with Gasteiger partial charge in [-0.25, -0.2) is 8.42 Å². The maximum atomic E-state index is 10.8. The number of hydrazone groups is 1. The monoisotopic (exact) mass is 318 g/mol. The van der Waals surface area contributed by atoms with Gasteiger partial charge >= 0.3 is 0 Å². The summed E-state index contributed by atoms with van der Waals surface area (Å²) in [5.74, 6) is 0. The number of hydrogen-bond donors (Lipinski definition) is 1. The standard InChI is InChI=1S/C15H17N3O3S/c1-18(2)14-7-3-12(4-8-14)11-16-17-13-5-9-15(10-6-13)22(19,20)21/h3-11,17H,1-2H3,(H,19,20,21)/p-1. The van der Waals surface area contributed by atoms with Crippen LogP contribution in [-0.4, -0.2) is 33.3 Å². The van der Waals surface area contributed by atoms with Crippen LogP contribution < -0.4 is 10.3 Å². The van der Waals surface area contributed by atoms with Gasteiger partial charge in [-0.3, -0.25) is 5.43 Å². The Morgan fingerprint density at radius 3 is 2.14 bits per heavy atom. The number of nitrogens with zero attached hydrogens (tertiary/aromatic N) is 2. The topological polar surface area (TPSA) is 84.8 Å². The van der Waals surface area contributed by atoms with Crippen LogP contribution in [0.3, 0.4) is 0 Å². The Labute approximate surface area is 129 Å². The first-order valence-corrected chi connectivity index (χ1v) is 7.89. The largest absolute Gasteiger partial charge is 0.744 e. The van der Waals surface area contributed by atoms with Gasteiger partial charge in [0.2, 0.25) is 0 Å². The lowest BCUT2D eigenvalue weighted by Crippen LogP contribution is -2.08. The van der Waals surface area contributed by atoms with E-state index < -0.39 is 10.1 Å². The van der Waals surface area contributed by atoms with Crippen molar-refractivity contribution >= 4 is 27.7 Å². The molecule has 6 nitrogen and oxygen atoms in total. The Hall–Kier alpha value is -2.38. The fourth-order valence-electron chi connectivity index (χ4n) is 1.74. The molecule has 0 aromatic heterocycles. The summed E-state index contributed by atoms with van der Waals surface area (Å²) < 4.78 is 32.4. The molecule has 2 aromatic carbocycles. The van der Waals surface area contributed by atoms with E-state index >= 15 is 0 Å². The Morgan fingerprint density at radius 2 is 1.64 bits per heavy atom. The van der Waals surface area contributed by atoms with Gasteiger partial charge in [0.05, 0.1) is 16.8 Å². The lowest BCUT2D eigenvalue weighted by Gasteiger charge is -2.11. The second-order valence-corrected chi connectivity index (χ2v) is 6.21. The first-order chi connectivity index (χ1) is 10.4. The molecule has 0 unspecified atom stereocenters. The summed E-state index contributed by atoms with van der Waals surface area (Å²) in [7, 11) is -0.477. The van der Waals surface area contributed by atoms with Gasteiger partial charge < -0.3 is 9.45 Å². The summed E-state index contributed by atoms with van der Waals surface area (Å²) in [5, 5.41) is 4.06. The molecule has 7 heteroatoms. The normalized spacial score (nSPS) is 11.6. The number of anilines is 2. The number of benzene rings is 2. The summed E-state index contributed by atoms with van der Waals surface area (Å²) in [6, 6.07) is 13.3. The molecule has 0 atom stereocenters. The second kappa shape index (κ2) is 6.59. The molecule has 0 amide bonds. The predicted molar refractivity (Wildman–Crippen MR) is 86.4 cm³/mol. The Bertz CT molecular complexity index is 752. The maximum Gasteiger partial charge on any atom is 0.124 e. The minimum absolute atomic E-state index is 0.263. The van der Waals surface area contributed by atoms with Crippen LogP contribution in [0, 0.1) is 0 Å². The molecule has 0 saturated heterocycles. The van der Waals surface area contributed by atoms with Crippen LogP contribution in [0.25, 0.3) is 0 Å². The lowest BCUT2D eigenvalue weighted by molar-refractivity contribution is 0.463. The van der Waals surface area contributed by atoms with Crippen LogP contribution in [0.4, 0.5) is 11.4 Å². The molecule has 0 aliphatic heterocycles. The van der Waals surface area contributed by atoms with E-state index in [-0.39, 0.29) is 4.90 Å². The molecule has 0 bridgehead atoms. The zero-order valence-corrected chi connectivity index (χ0v) is 13.0. The van der Waals surface area contributed by atoms with Crippen molar-refractivity contribution in [1.82, 2.24) is 0 Å². The molecule has 2 aromatic rings. The number of rotatable bonds is 5. The average Bonchev–Trinajstić information content (AvgIpc) is 2.47. The second-order valence-electron chi connectivity index (χ2n) is 4.83. The van der Waals surface area contributed by atoms with Crippen LogP contribution >= 0.6 is 0 Å². The van der Waals surface area contributed by atoms with Gasteiger partial charge in [0, 0.05) is 19.8 Å². The van der Waals surface area contributed by atoms with E-state index in [1.807, 2.05) is 43.3 Å². The minimum atomic E-state index is -4.41. The van der Waals surface area contributed by atoms with Crippen molar-refractivity contribution in [3.63, 3.8) is 0 Å². The van der Waals surface area contributed by atoms with Crippen molar-refractivity contribution in [3.8, 4) is 0 Å². The van der Waals surface area contributed by atoms with Gasteiger partial charge in [-0.2, -0.15) is 5.10 Å². The number of nitrogens with one attached hydrogen (secondary N) is 1. The molecular weight excluding hydrogens is 302 g/mol. The Balaban J connectivity index is 2.00. The van der Waals surface area contributed by atoms with Crippen LogP contribution in [-0.2, 0) is 10.1 Å². The summed E-state index contributed by atoms with van der Waals surface area (Å²) in [5.41, 5.74) is 5.39. The maximum absolute atomic E-state index is 10.8. The highest BCUT2D eigenvalue weighted by molar-refractivity contribution is 7.85. The van der Waals surface area contributed by atoms with Crippen LogP contribution in [0.15, 0.2) is 58.5 Å². The fourth-order valence-corrected chi connectivity index (χ4v) is 2.21. The molecule has 1 N–H and O–H groups in total. The van der Waals surface area contributed by atoms with Crippen molar-refractivity contribution < 1.29 is 13.0 Å². The first kappa shape index (κ1) is 16.0. The van der Waals surface area contributed by atoms with Crippen molar-refractivity contribution in [2.24, 2.45) is 5.10 Å². The highest BCUT2D eigenvalue weighted by Crippen LogP contribution is 2.14. The predicted octanol–water partition coefficient (Wildman–Crippen LogP) is 2.10. The van der Waals surface area contributed by atoms with E-state index in [0.29, 0.717) is 5.69 Å². The van der Waals surface area contributed by atoms with Crippen molar-refractivity contribution in [2.45, 2.75) is 4.90 Å². The molecule has 2 rings (SSSR count). The molecule has 116 valence electrons. The van der Waals surface area contributed by atoms with E-state index in [9.17, 15) is 13.0 Å². The smallest absolute Gasteiger partial charge is 0.124 e. The molecule has 0 aliphatic carbocycles. The van der Waals surface area contributed by atoms with Crippen molar-refractivity contribution in [1.29, 1.82) is 0 Å². The molecule has 0 heterocycles. The average molecular weight is 318 g/mol. The molecule has 22 heavy (non-hydrogen) atoms. The third-order valence-corrected chi connectivity index (χ3v) is 3.81. The summed E-state index contributed by atoms with van der Waals surface area (Å²) in [6.45, 7) is 0. The molecule has 0 aliphatic rings. The molecule has 0 spiro atoms. The zero-order chi connectivity index (χ0) is 16.2. The van der Waals surface area contributed by atoms with E-state index in [2.05, 4.69) is 10.5 Å². The third kappa shape index (κ3) is 4.31. The van der Waals surface area contributed by atoms with Crippen LogP contribution in [0.1, 0.15) is 5.56 Å². The Kier molecular flexibility index (Phi) is 4.79. The van der Waals surface area contributed by atoms with Gasteiger partial charge in [-0.1, -0.05) is 12.1 Å². The fraction of sp³-hybridized carbons (Fsp3) is 0.133. The first-order valence-electron chi connectivity index (χ1n) is 6.49. The highest BCUT2D eigenvalue weighted by atomic mass is 32.2.